The molecule has 0 heteroatoms. The molecular weight excluding hydrogens is 300 g/mol. The Morgan fingerprint density at radius 2 is 1.44 bits per heavy atom. The van der Waals surface area contributed by atoms with Gasteiger partial charge >= 0.3 is 0 Å². The number of aryl methyl sites for hydroxylation is 1. The van der Waals surface area contributed by atoms with Gasteiger partial charge in [-0.3, -0.25) is 0 Å². The van der Waals surface area contributed by atoms with Gasteiger partial charge in [-0.25, -0.2) is 0 Å². The maximum Gasteiger partial charge on any atom is -0.0162 e. The molecule has 2 saturated carbocycles. The van der Waals surface area contributed by atoms with Crippen molar-refractivity contribution in [3.63, 3.8) is 0 Å². The molecule has 0 amide bonds. The Kier molecular flexibility index (Phi) is 7.20. The van der Waals surface area contributed by atoms with E-state index in [4.69, 9.17) is 0 Å². The SMILES string of the molecule is CC=CCCC1CCC(C2CCC(c3ccc(CC)cc3)CC2)CC1. The van der Waals surface area contributed by atoms with E-state index in [2.05, 4.69) is 50.3 Å². The van der Waals surface area contributed by atoms with Crippen molar-refractivity contribution in [1.29, 1.82) is 0 Å². The van der Waals surface area contributed by atoms with Crippen molar-refractivity contribution in [3.8, 4) is 0 Å². The molecule has 2 aliphatic carbocycles. The van der Waals surface area contributed by atoms with E-state index < -0.39 is 0 Å². The summed E-state index contributed by atoms with van der Waals surface area (Å²) in [7, 11) is 0. The summed E-state index contributed by atoms with van der Waals surface area (Å²) in [6, 6.07) is 9.49. The van der Waals surface area contributed by atoms with Crippen molar-refractivity contribution in [1.82, 2.24) is 0 Å². The van der Waals surface area contributed by atoms with Crippen molar-refractivity contribution >= 4 is 0 Å². The molecule has 1 aromatic carbocycles. The minimum Gasteiger partial charge on any atom is -0.0917 e. The highest BCUT2D eigenvalue weighted by Crippen LogP contribution is 2.44. The van der Waals surface area contributed by atoms with E-state index in [0.717, 1.165) is 30.1 Å². The van der Waals surface area contributed by atoms with Crippen molar-refractivity contribution in [2.75, 3.05) is 0 Å². The van der Waals surface area contributed by atoms with Gasteiger partial charge in [0.05, 0.1) is 0 Å². The van der Waals surface area contributed by atoms with E-state index in [1.165, 1.54) is 69.8 Å². The number of allylic oxidation sites excluding steroid dienone is 2. The monoisotopic (exact) mass is 338 g/mol. The van der Waals surface area contributed by atoms with Crippen LogP contribution < -0.4 is 0 Å². The summed E-state index contributed by atoms with van der Waals surface area (Å²) < 4.78 is 0. The Balaban J connectivity index is 1.42. The summed E-state index contributed by atoms with van der Waals surface area (Å²) in [4.78, 5) is 0. The zero-order valence-electron chi connectivity index (χ0n) is 16.6. The lowest BCUT2D eigenvalue weighted by atomic mass is 9.68. The minimum absolute atomic E-state index is 0.833. The lowest BCUT2D eigenvalue weighted by molar-refractivity contribution is 0.157. The van der Waals surface area contributed by atoms with Crippen LogP contribution in [0.5, 0.6) is 0 Å². The molecule has 0 spiro atoms. The first-order valence-corrected chi connectivity index (χ1v) is 11.0. The number of rotatable bonds is 6. The van der Waals surface area contributed by atoms with E-state index in [0.29, 0.717) is 0 Å². The van der Waals surface area contributed by atoms with Crippen LogP contribution in [-0.2, 0) is 6.42 Å². The predicted octanol–water partition coefficient (Wildman–Crippen LogP) is 7.69. The molecule has 0 radical (unpaired) electrons. The quantitative estimate of drug-likeness (QED) is 0.466. The van der Waals surface area contributed by atoms with Gasteiger partial charge in [0, 0.05) is 0 Å². The van der Waals surface area contributed by atoms with E-state index in [1.54, 1.807) is 5.56 Å². The summed E-state index contributed by atoms with van der Waals surface area (Å²) in [6.45, 7) is 4.39. The van der Waals surface area contributed by atoms with Crippen LogP contribution in [0.25, 0.3) is 0 Å². The van der Waals surface area contributed by atoms with Gasteiger partial charge in [0.25, 0.3) is 0 Å². The molecule has 2 aliphatic rings. The molecule has 0 N–H and O–H groups in total. The number of hydrogen-bond donors (Lipinski definition) is 0. The molecule has 138 valence electrons. The number of hydrogen-bond acceptors (Lipinski definition) is 0. The molecular formula is C25H38. The maximum atomic E-state index is 2.40. The van der Waals surface area contributed by atoms with Gasteiger partial charge in [-0.1, -0.05) is 56.2 Å². The third kappa shape index (κ3) is 5.22. The van der Waals surface area contributed by atoms with Crippen molar-refractivity contribution in [2.45, 2.75) is 90.4 Å². The van der Waals surface area contributed by atoms with Gasteiger partial charge in [-0.2, -0.15) is 0 Å². The van der Waals surface area contributed by atoms with Gasteiger partial charge in [0.1, 0.15) is 0 Å². The number of benzene rings is 1. The molecule has 0 heterocycles. The maximum absolute atomic E-state index is 2.40. The van der Waals surface area contributed by atoms with E-state index in [1.807, 2.05) is 0 Å². The fraction of sp³-hybridized carbons (Fsp3) is 0.680. The highest BCUT2D eigenvalue weighted by molar-refractivity contribution is 5.25. The molecule has 0 aliphatic heterocycles. The second kappa shape index (κ2) is 9.60. The summed E-state index contributed by atoms with van der Waals surface area (Å²) in [6.07, 6.45) is 20.3. The molecule has 0 atom stereocenters. The van der Waals surface area contributed by atoms with Gasteiger partial charge in [0.2, 0.25) is 0 Å². The van der Waals surface area contributed by atoms with Crippen molar-refractivity contribution in [2.24, 2.45) is 17.8 Å². The van der Waals surface area contributed by atoms with Crippen LogP contribution in [-0.4, -0.2) is 0 Å². The van der Waals surface area contributed by atoms with E-state index in [-0.39, 0.29) is 0 Å². The highest BCUT2D eigenvalue weighted by atomic mass is 14.4. The smallest absolute Gasteiger partial charge is 0.0162 e. The highest BCUT2D eigenvalue weighted by Gasteiger charge is 2.31. The zero-order valence-corrected chi connectivity index (χ0v) is 16.6. The Morgan fingerprint density at radius 1 is 0.840 bits per heavy atom. The average molecular weight is 339 g/mol. The molecule has 0 nitrogen and oxygen atoms in total. The van der Waals surface area contributed by atoms with Gasteiger partial charge in [0.15, 0.2) is 0 Å². The lowest BCUT2D eigenvalue weighted by Crippen LogP contribution is -2.25. The Hall–Kier alpha value is -1.04. The van der Waals surface area contributed by atoms with Gasteiger partial charge in [-0.15, -0.1) is 0 Å². The first kappa shape index (κ1) is 18.7. The van der Waals surface area contributed by atoms with Crippen LogP contribution in [0.15, 0.2) is 36.4 Å². The van der Waals surface area contributed by atoms with Crippen LogP contribution in [0, 0.1) is 17.8 Å². The largest absolute Gasteiger partial charge is 0.0917 e. The minimum atomic E-state index is 0.833. The van der Waals surface area contributed by atoms with E-state index in [9.17, 15) is 0 Å². The third-order valence-corrected chi connectivity index (χ3v) is 7.17. The zero-order chi connectivity index (χ0) is 17.5. The molecule has 1 aromatic rings. The summed E-state index contributed by atoms with van der Waals surface area (Å²) in [5.74, 6) is 3.92. The van der Waals surface area contributed by atoms with Crippen LogP contribution >= 0.6 is 0 Å². The standard InChI is InChI=1S/C25H38/c1-3-5-6-7-21-10-14-23(15-11-21)25-18-16-24(17-19-25)22-12-8-20(4-2)9-13-22/h3,5,8-9,12-13,21,23-25H,4,6-7,10-11,14-19H2,1-2H3. The Labute approximate surface area is 156 Å². The molecule has 25 heavy (non-hydrogen) atoms. The second-order valence-electron chi connectivity index (χ2n) is 8.63. The Bertz CT molecular complexity index is 507. The summed E-state index contributed by atoms with van der Waals surface area (Å²) in [5.41, 5.74) is 3.08. The Morgan fingerprint density at radius 3 is 2.00 bits per heavy atom. The third-order valence-electron chi connectivity index (χ3n) is 7.17. The van der Waals surface area contributed by atoms with Gasteiger partial charge < -0.3 is 0 Å². The molecule has 0 bridgehead atoms. The molecule has 3 rings (SSSR count). The van der Waals surface area contributed by atoms with E-state index >= 15 is 0 Å². The van der Waals surface area contributed by atoms with Crippen molar-refractivity contribution in [3.05, 3.63) is 47.5 Å². The first-order valence-electron chi connectivity index (χ1n) is 11.0. The van der Waals surface area contributed by atoms with Crippen LogP contribution in [0.3, 0.4) is 0 Å². The average Bonchev–Trinajstić information content (AvgIpc) is 2.69. The summed E-state index contributed by atoms with van der Waals surface area (Å²) >= 11 is 0. The van der Waals surface area contributed by atoms with Crippen molar-refractivity contribution < 1.29 is 0 Å². The fourth-order valence-electron chi connectivity index (χ4n) is 5.40. The molecule has 2 fully saturated rings. The fourth-order valence-corrected chi connectivity index (χ4v) is 5.40. The van der Waals surface area contributed by atoms with Crippen LogP contribution in [0.4, 0.5) is 0 Å². The normalized spacial score (nSPS) is 30.6. The van der Waals surface area contributed by atoms with Crippen LogP contribution in [0.2, 0.25) is 0 Å². The summed E-state index contributed by atoms with van der Waals surface area (Å²) in [5, 5.41) is 0. The molecule has 0 unspecified atom stereocenters. The first-order chi connectivity index (χ1) is 12.3. The predicted molar refractivity (Wildman–Crippen MR) is 110 cm³/mol. The topological polar surface area (TPSA) is 0 Å². The van der Waals surface area contributed by atoms with Gasteiger partial charge in [-0.05, 0) is 99.5 Å². The molecule has 0 aromatic heterocycles. The van der Waals surface area contributed by atoms with Crippen LogP contribution in [0.1, 0.15) is 95.1 Å². The molecule has 0 saturated heterocycles. The second-order valence-corrected chi connectivity index (χ2v) is 8.63. The lowest BCUT2D eigenvalue weighted by Gasteiger charge is -2.38.